The van der Waals surface area contributed by atoms with E-state index in [0.717, 1.165) is 38.6 Å². The first-order valence-electron chi connectivity index (χ1n) is 10.7. The highest BCUT2D eigenvalue weighted by molar-refractivity contribution is 7.89. The quantitative estimate of drug-likeness (QED) is 0.649. The van der Waals surface area contributed by atoms with E-state index in [1.54, 1.807) is 0 Å². The van der Waals surface area contributed by atoms with Crippen molar-refractivity contribution in [3.63, 3.8) is 0 Å². The fraction of sp³-hybridized carbons (Fsp3) is 0.455. The van der Waals surface area contributed by atoms with Crippen molar-refractivity contribution >= 4 is 21.9 Å². The maximum absolute atomic E-state index is 12.7. The van der Waals surface area contributed by atoms with Gasteiger partial charge in [-0.15, -0.1) is 0 Å². The Morgan fingerprint density at radius 1 is 1.03 bits per heavy atom. The van der Waals surface area contributed by atoms with Crippen molar-refractivity contribution in [1.29, 1.82) is 0 Å². The lowest BCUT2D eigenvalue weighted by atomic mass is 9.92. The fourth-order valence-corrected chi connectivity index (χ4v) is 5.31. The summed E-state index contributed by atoms with van der Waals surface area (Å²) in [5, 5.41) is 3.59. The molecular weight excluding hydrogens is 416 g/mol. The van der Waals surface area contributed by atoms with E-state index in [2.05, 4.69) is 39.3 Å². The number of nitrogens with one attached hydrogen (secondary N) is 2. The van der Waals surface area contributed by atoms with Crippen LogP contribution in [0.25, 0.3) is 0 Å². The summed E-state index contributed by atoms with van der Waals surface area (Å²) in [5.41, 5.74) is 1.32. The summed E-state index contributed by atoms with van der Waals surface area (Å²) in [6.45, 7) is 1.65. The molecule has 31 heavy (non-hydrogen) atoms. The van der Waals surface area contributed by atoms with Gasteiger partial charge in [0, 0.05) is 18.3 Å². The largest absolute Gasteiger partial charge is 0.447 e. The van der Waals surface area contributed by atoms with Crippen LogP contribution in [0.3, 0.4) is 0 Å². The molecule has 0 radical (unpaired) electrons. The molecule has 0 spiro atoms. The lowest BCUT2D eigenvalue weighted by Crippen LogP contribution is -2.42. The molecule has 166 valence electrons. The molecule has 1 aromatic carbocycles. The van der Waals surface area contributed by atoms with Crippen LogP contribution < -0.4 is 14.9 Å². The number of pyridine rings is 1. The zero-order chi connectivity index (χ0) is 21.7. The lowest BCUT2D eigenvalue weighted by molar-refractivity contribution is 0.181. The minimum Gasteiger partial charge on any atom is -0.447 e. The van der Waals surface area contributed by atoms with Crippen molar-refractivity contribution < 1.29 is 17.9 Å². The molecular formula is C22H28N4O4S. The van der Waals surface area contributed by atoms with Gasteiger partial charge in [-0.05, 0) is 56.3 Å². The molecule has 0 unspecified atom stereocenters. The van der Waals surface area contributed by atoms with Crippen LogP contribution in [0.15, 0.2) is 53.6 Å². The number of anilines is 1. The Morgan fingerprint density at radius 3 is 2.42 bits per heavy atom. The number of cyclic esters (lactones) is 1. The van der Waals surface area contributed by atoms with Crippen LogP contribution >= 0.6 is 0 Å². The van der Waals surface area contributed by atoms with Crippen molar-refractivity contribution in [2.45, 2.75) is 49.1 Å². The summed E-state index contributed by atoms with van der Waals surface area (Å²) >= 11 is 0. The molecule has 0 atom stereocenters. The van der Waals surface area contributed by atoms with Gasteiger partial charge in [-0.2, -0.15) is 0 Å². The summed E-state index contributed by atoms with van der Waals surface area (Å²) in [6, 6.07) is 13.7. The first-order chi connectivity index (χ1) is 15.0. The van der Waals surface area contributed by atoms with Gasteiger partial charge >= 0.3 is 6.09 Å². The number of ether oxygens (including phenoxy) is 1. The number of benzene rings is 1. The predicted octanol–water partition coefficient (Wildman–Crippen LogP) is 2.46. The summed E-state index contributed by atoms with van der Waals surface area (Å²) < 4.78 is 33.2. The van der Waals surface area contributed by atoms with Gasteiger partial charge in [-0.3, -0.25) is 4.90 Å². The third-order valence-corrected chi connectivity index (χ3v) is 7.31. The fourth-order valence-electron chi connectivity index (χ4n) is 4.06. The molecule has 1 amide bonds. The van der Waals surface area contributed by atoms with E-state index < -0.39 is 16.1 Å². The highest BCUT2D eigenvalue weighted by Gasteiger charge is 2.27. The van der Waals surface area contributed by atoms with E-state index in [4.69, 9.17) is 4.74 Å². The van der Waals surface area contributed by atoms with Gasteiger partial charge in [0.25, 0.3) is 0 Å². The van der Waals surface area contributed by atoms with Gasteiger partial charge in [0.15, 0.2) is 0 Å². The number of carbonyl (C=O) groups excluding carboxylic acids is 1. The molecule has 2 aliphatic rings. The summed E-state index contributed by atoms with van der Waals surface area (Å²) in [4.78, 5) is 17.2. The average Bonchev–Trinajstić information content (AvgIpc) is 3.21. The number of carbonyl (C=O) groups is 1. The third kappa shape index (κ3) is 5.61. The van der Waals surface area contributed by atoms with E-state index >= 15 is 0 Å². The highest BCUT2D eigenvalue weighted by Crippen LogP contribution is 2.22. The molecule has 2 aromatic rings. The first kappa shape index (κ1) is 21.7. The number of sulfonamides is 1. The molecule has 1 saturated heterocycles. The van der Waals surface area contributed by atoms with E-state index in [9.17, 15) is 13.2 Å². The summed E-state index contributed by atoms with van der Waals surface area (Å²) in [5.74, 6) is 0.392. The van der Waals surface area contributed by atoms with E-state index in [-0.39, 0.29) is 10.9 Å². The third-order valence-electron chi connectivity index (χ3n) is 5.81. The zero-order valence-corrected chi connectivity index (χ0v) is 18.2. The Morgan fingerprint density at radius 2 is 1.77 bits per heavy atom. The van der Waals surface area contributed by atoms with Gasteiger partial charge in [0.2, 0.25) is 10.0 Å². The molecule has 2 N–H and O–H groups in total. The number of rotatable bonds is 8. The first-order valence-corrected chi connectivity index (χ1v) is 12.2. The Labute approximate surface area is 183 Å². The molecule has 2 fully saturated rings. The van der Waals surface area contributed by atoms with E-state index in [1.165, 1.54) is 28.8 Å². The normalized spacial score (nSPS) is 21.8. The van der Waals surface area contributed by atoms with Gasteiger partial charge in [-0.25, -0.2) is 22.9 Å². The summed E-state index contributed by atoms with van der Waals surface area (Å²) in [7, 11) is -3.65. The van der Waals surface area contributed by atoms with Crippen LogP contribution in [0.2, 0.25) is 0 Å². The predicted molar refractivity (Wildman–Crippen MR) is 117 cm³/mol. The molecule has 0 bridgehead atoms. The van der Waals surface area contributed by atoms with Crippen molar-refractivity contribution in [3.05, 3.63) is 54.2 Å². The molecule has 1 aliphatic heterocycles. The molecule has 1 aromatic heterocycles. The average molecular weight is 445 g/mol. The monoisotopic (exact) mass is 444 g/mol. The SMILES string of the molecule is O=C1OCCN1c1ccc(S(=O)(=O)NC2CCC(NCCc3ccccc3)CC2)cn1. The van der Waals surface area contributed by atoms with Crippen molar-refractivity contribution in [2.24, 2.45) is 0 Å². The van der Waals surface area contributed by atoms with Gasteiger partial charge in [-0.1, -0.05) is 30.3 Å². The number of aromatic nitrogens is 1. The Bertz CT molecular complexity index is 974. The molecule has 9 heteroatoms. The Hall–Kier alpha value is -2.49. The molecule has 1 aliphatic carbocycles. The number of nitrogens with zero attached hydrogens (tertiary/aromatic N) is 2. The second-order valence-electron chi connectivity index (χ2n) is 7.98. The topological polar surface area (TPSA) is 101 Å². The smallest absolute Gasteiger partial charge is 0.415 e. The second-order valence-corrected chi connectivity index (χ2v) is 9.69. The van der Waals surface area contributed by atoms with Crippen LogP contribution in [0, 0.1) is 0 Å². The van der Waals surface area contributed by atoms with Crippen LogP contribution in [-0.2, 0) is 21.2 Å². The standard InChI is InChI=1S/C22H28N4O4S/c27-22-26(14-15-30-22)21-11-10-20(16-24-21)31(28,29)25-19-8-6-18(7-9-19)23-13-12-17-4-2-1-3-5-17/h1-5,10-11,16,18-19,23,25H,6-9,12-15H2. The van der Waals surface area contributed by atoms with Crippen LogP contribution in [0.4, 0.5) is 10.6 Å². The number of amides is 1. The van der Waals surface area contributed by atoms with Gasteiger partial charge in [0.1, 0.15) is 17.3 Å². The van der Waals surface area contributed by atoms with Crippen LogP contribution in [-0.4, -0.2) is 51.3 Å². The number of hydrogen-bond donors (Lipinski definition) is 2. The Kier molecular flexibility index (Phi) is 6.84. The molecule has 8 nitrogen and oxygen atoms in total. The maximum Gasteiger partial charge on any atom is 0.415 e. The molecule has 2 heterocycles. The highest BCUT2D eigenvalue weighted by atomic mass is 32.2. The van der Waals surface area contributed by atoms with Gasteiger partial charge in [0.05, 0.1) is 6.54 Å². The number of hydrogen-bond acceptors (Lipinski definition) is 6. The van der Waals surface area contributed by atoms with E-state index in [0.29, 0.717) is 25.0 Å². The molecule has 4 rings (SSSR count). The molecule has 1 saturated carbocycles. The minimum atomic E-state index is -3.65. The lowest BCUT2D eigenvalue weighted by Gasteiger charge is -2.29. The van der Waals surface area contributed by atoms with Crippen LogP contribution in [0.1, 0.15) is 31.2 Å². The Balaban J connectivity index is 1.24. The van der Waals surface area contributed by atoms with Crippen molar-refractivity contribution in [3.8, 4) is 0 Å². The summed E-state index contributed by atoms with van der Waals surface area (Å²) in [6.07, 6.45) is 5.30. The van der Waals surface area contributed by atoms with Crippen molar-refractivity contribution in [2.75, 3.05) is 24.6 Å². The maximum atomic E-state index is 12.7. The second kappa shape index (κ2) is 9.76. The van der Waals surface area contributed by atoms with Gasteiger partial charge < -0.3 is 10.1 Å². The zero-order valence-electron chi connectivity index (χ0n) is 17.4. The van der Waals surface area contributed by atoms with Crippen LogP contribution in [0.5, 0.6) is 0 Å². The van der Waals surface area contributed by atoms with Crippen molar-refractivity contribution in [1.82, 2.24) is 15.0 Å². The van der Waals surface area contributed by atoms with E-state index in [1.807, 2.05) is 6.07 Å². The minimum absolute atomic E-state index is 0.0783.